The van der Waals surface area contributed by atoms with E-state index in [1.165, 1.54) is 5.56 Å². The molecular weight excluding hydrogens is 274 g/mol. The van der Waals surface area contributed by atoms with Crippen LogP contribution in [0.3, 0.4) is 0 Å². The standard InChI is InChI=1S/C15H14BrN/c1-12-4-2-3-9-15(12,10-11-17)13-5-7-14(16)8-6-13/h2-9,12H,10H2,1H3. The third-order valence-corrected chi connectivity index (χ3v) is 4.00. The molecule has 0 amide bonds. The van der Waals surface area contributed by atoms with Gasteiger partial charge < -0.3 is 0 Å². The van der Waals surface area contributed by atoms with E-state index >= 15 is 0 Å². The van der Waals surface area contributed by atoms with Crippen LogP contribution in [-0.4, -0.2) is 0 Å². The number of nitrogens with zero attached hydrogens (tertiary/aromatic N) is 1. The highest BCUT2D eigenvalue weighted by molar-refractivity contribution is 9.10. The second kappa shape index (κ2) is 4.89. The lowest BCUT2D eigenvalue weighted by molar-refractivity contribution is 0.425. The molecule has 17 heavy (non-hydrogen) atoms. The predicted octanol–water partition coefficient (Wildman–Crippen LogP) is 4.36. The molecule has 2 rings (SSSR count). The van der Waals surface area contributed by atoms with E-state index in [9.17, 15) is 0 Å². The summed E-state index contributed by atoms with van der Waals surface area (Å²) in [4.78, 5) is 0. The largest absolute Gasteiger partial charge is 0.198 e. The van der Waals surface area contributed by atoms with E-state index in [4.69, 9.17) is 5.26 Å². The van der Waals surface area contributed by atoms with Crippen molar-refractivity contribution in [3.05, 3.63) is 58.6 Å². The predicted molar refractivity (Wildman–Crippen MR) is 73.5 cm³/mol. The SMILES string of the molecule is CC1C=CC=CC1(CC#N)c1ccc(Br)cc1. The average molecular weight is 288 g/mol. The van der Waals surface area contributed by atoms with Crippen molar-refractivity contribution in [1.82, 2.24) is 0 Å². The number of benzene rings is 1. The van der Waals surface area contributed by atoms with Gasteiger partial charge in [-0.25, -0.2) is 0 Å². The summed E-state index contributed by atoms with van der Waals surface area (Å²) >= 11 is 3.44. The highest BCUT2D eigenvalue weighted by Crippen LogP contribution is 2.40. The maximum absolute atomic E-state index is 9.10. The summed E-state index contributed by atoms with van der Waals surface area (Å²) in [6.07, 6.45) is 8.93. The van der Waals surface area contributed by atoms with Gasteiger partial charge in [-0.15, -0.1) is 0 Å². The molecule has 1 aliphatic rings. The molecule has 86 valence electrons. The molecule has 0 saturated heterocycles. The van der Waals surface area contributed by atoms with Crippen LogP contribution in [0.1, 0.15) is 18.9 Å². The molecule has 0 spiro atoms. The minimum Gasteiger partial charge on any atom is -0.198 e. The molecule has 0 radical (unpaired) electrons. The fourth-order valence-corrected chi connectivity index (χ4v) is 2.62. The van der Waals surface area contributed by atoms with Crippen LogP contribution in [-0.2, 0) is 5.41 Å². The number of hydrogen-bond donors (Lipinski definition) is 0. The minimum atomic E-state index is -0.176. The van der Waals surface area contributed by atoms with Crippen molar-refractivity contribution < 1.29 is 0 Å². The fourth-order valence-electron chi connectivity index (χ4n) is 2.35. The summed E-state index contributed by atoms with van der Waals surface area (Å²) in [5.41, 5.74) is 1.03. The van der Waals surface area contributed by atoms with Gasteiger partial charge in [0.15, 0.2) is 0 Å². The van der Waals surface area contributed by atoms with Crippen LogP contribution in [0.2, 0.25) is 0 Å². The van der Waals surface area contributed by atoms with Gasteiger partial charge in [0.2, 0.25) is 0 Å². The van der Waals surface area contributed by atoms with Gasteiger partial charge in [0, 0.05) is 16.3 Å². The van der Waals surface area contributed by atoms with Gasteiger partial charge >= 0.3 is 0 Å². The molecule has 1 nitrogen and oxygen atoms in total. The summed E-state index contributed by atoms with van der Waals surface area (Å²) in [6, 6.07) is 10.6. The number of halogens is 1. The maximum atomic E-state index is 9.10. The van der Waals surface area contributed by atoms with Crippen LogP contribution in [0.5, 0.6) is 0 Å². The van der Waals surface area contributed by atoms with Crippen LogP contribution in [0.4, 0.5) is 0 Å². The summed E-state index contributed by atoms with van der Waals surface area (Å²) in [7, 11) is 0. The highest BCUT2D eigenvalue weighted by Gasteiger charge is 2.35. The molecule has 1 aromatic carbocycles. The third-order valence-electron chi connectivity index (χ3n) is 3.47. The topological polar surface area (TPSA) is 23.8 Å². The second-order valence-corrected chi connectivity index (χ2v) is 5.33. The molecule has 2 unspecified atom stereocenters. The molecule has 0 bridgehead atoms. The second-order valence-electron chi connectivity index (χ2n) is 4.41. The first-order valence-electron chi connectivity index (χ1n) is 5.68. The van der Waals surface area contributed by atoms with E-state index in [0.717, 1.165) is 4.47 Å². The summed E-state index contributed by atoms with van der Waals surface area (Å²) < 4.78 is 1.07. The molecule has 2 atom stereocenters. The number of rotatable bonds is 2. The Kier molecular flexibility index (Phi) is 3.49. The molecule has 0 aromatic heterocycles. The summed E-state index contributed by atoms with van der Waals surface area (Å²) in [5.74, 6) is 0.341. The van der Waals surface area contributed by atoms with Gasteiger partial charge in [-0.1, -0.05) is 59.3 Å². The first-order valence-corrected chi connectivity index (χ1v) is 6.47. The van der Waals surface area contributed by atoms with Crippen molar-refractivity contribution in [2.24, 2.45) is 5.92 Å². The molecule has 0 heterocycles. The lowest BCUT2D eigenvalue weighted by atomic mass is 9.67. The van der Waals surface area contributed by atoms with Crippen molar-refractivity contribution in [3.63, 3.8) is 0 Å². The fraction of sp³-hybridized carbons (Fsp3) is 0.267. The lowest BCUT2D eigenvalue weighted by Gasteiger charge is -2.35. The van der Waals surface area contributed by atoms with Crippen LogP contribution in [0.25, 0.3) is 0 Å². The molecule has 0 N–H and O–H groups in total. The van der Waals surface area contributed by atoms with Gasteiger partial charge in [-0.3, -0.25) is 0 Å². The Balaban J connectivity index is 2.48. The molecule has 0 fully saturated rings. The van der Waals surface area contributed by atoms with Gasteiger partial charge in [-0.2, -0.15) is 5.26 Å². The monoisotopic (exact) mass is 287 g/mol. The van der Waals surface area contributed by atoms with E-state index in [2.05, 4.69) is 59.3 Å². The van der Waals surface area contributed by atoms with Crippen LogP contribution < -0.4 is 0 Å². The zero-order valence-electron chi connectivity index (χ0n) is 9.73. The Morgan fingerprint density at radius 1 is 1.29 bits per heavy atom. The van der Waals surface area contributed by atoms with Crippen molar-refractivity contribution in [3.8, 4) is 6.07 Å². The average Bonchev–Trinajstić information content (AvgIpc) is 2.33. The molecule has 2 heteroatoms. The Hall–Kier alpha value is -1.33. The summed E-state index contributed by atoms with van der Waals surface area (Å²) in [6.45, 7) is 2.17. The summed E-state index contributed by atoms with van der Waals surface area (Å²) in [5, 5.41) is 9.10. The Bertz CT molecular complexity index is 493. The van der Waals surface area contributed by atoms with E-state index in [0.29, 0.717) is 12.3 Å². The van der Waals surface area contributed by atoms with E-state index in [-0.39, 0.29) is 5.41 Å². The Morgan fingerprint density at radius 2 is 2.00 bits per heavy atom. The van der Waals surface area contributed by atoms with Gasteiger partial charge in [0.05, 0.1) is 6.07 Å². The van der Waals surface area contributed by atoms with Crippen molar-refractivity contribution in [2.45, 2.75) is 18.8 Å². The van der Waals surface area contributed by atoms with Gasteiger partial charge in [-0.05, 0) is 23.6 Å². The number of hydrogen-bond acceptors (Lipinski definition) is 1. The highest BCUT2D eigenvalue weighted by atomic mass is 79.9. The smallest absolute Gasteiger partial charge is 0.0634 e. The van der Waals surface area contributed by atoms with Gasteiger partial charge in [0.1, 0.15) is 0 Å². The minimum absolute atomic E-state index is 0.176. The van der Waals surface area contributed by atoms with Crippen molar-refractivity contribution >= 4 is 15.9 Å². The van der Waals surface area contributed by atoms with Crippen LogP contribution in [0.15, 0.2) is 53.0 Å². The van der Waals surface area contributed by atoms with E-state index in [1.54, 1.807) is 0 Å². The van der Waals surface area contributed by atoms with Gasteiger partial charge in [0.25, 0.3) is 0 Å². The first kappa shape index (κ1) is 12.1. The van der Waals surface area contributed by atoms with Crippen molar-refractivity contribution in [1.29, 1.82) is 5.26 Å². The Labute approximate surface area is 111 Å². The van der Waals surface area contributed by atoms with Crippen LogP contribution >= 0.6 is 15.9 Å². The van der Waals surface area contributed by atoms with E-state index < -0.39 is 0 Å². The quantitative estimate of drug-likeness (QED) is 0.793. The Morgan fingerprint density at radius 3 is 2.59 bits per heavy atom. The number of nitriles is 1. The van der Waals surface area contributed by atoms with Crippen molar-refractivity contribution in [2.75, 3.05) is 0 Å². The zero-order valence-corrected chi connectivity index (χ0v) is 11.3. The number of allylic oxidation sites excluding steroid dienone is 4. The molecule has 0 saturated carbocycles. The van der Waals surface area contributed by atoms with Crippen LogP contribution in [0, 0.1) is 17.2 Å². The maximum Gasteiger partial charge on any atom is 0.0634 e. The molecule has 1 aliphatic carbocycles. The zero-order chi connectivity index (χ0) is 12.3. The first-order chi connectivity index (χ1) is 8.19. The molecule has 1 aromatic rings. The third kappa shape index (κ3) is 2.21. The molecule has 0 aliphatic heterocycles. The normalized spacial score (nSPS) is 26.8. The van der Waals surface area contributed by atoms with E-state index in [1.807, 2.05) is 18.2 Å². The molecular formula is C15H14BrN. The lowest BCUT2D eigenvalue weighted by Crippen LogP contribution is -2.31.